The molecule has 0 atom stereocenters. The lowest BCUT2D eigenvalue weighted by molar-refractivity contribution is 0.333. The first kappa shape index (κ1) is 7.68. The molecule has 0 aromatic carbocycles. The maximum atomic E-state index is 5.86. The minimum atomic E-state index is 0.428. The van der Waals surface area contributed by atoms with Gasteiger partial charge in [-0.1, -0.05) is 11.6 Å². The minimum Gasteiger partial charge on any atom is -0.480 e. The number of halogens is 1. The van der Waals surface area contributed by atoms with Gasteiger partial charge in [0, 0.05) is 12.0 Å². The monoisotopic (exact) mass is 185 g/mol. The molecule has 1 aromatic rings. The first-order valence-electron chi connectivity index (χ1n) is 3.67. The summed E-state index contributed by atoms with van der Waals surface area (Å²) in [7, 11) is 1.54. The lowest BCUT2D eigenvalue weighted by atomic mass is 10.2. The maximum absolute atomic E-state index is 5.86. The van der Waals surface area contributed by atoms with Crippen LogP contribution in [-0.4, -0.2) is 18.7 Å². The highest BCUT2D eigenvalue weighted by Gasteiger charge is 2.16. The van der Waals surface area contributed by atoms with E-state index in [0.29, 0.717) is 23.4 Å². The highest BCUT2D eigenvalue weighted by molar-refractivity contribution is 6.31. The van der Waals surface area contributed by atoms with Crippen LogP contribution in [0, 0.1) is 0 Å². The third-order valence-electron chi connectivity index (χ3n) is 1.79. The van der Waals surface area contributed by atoms with Crippen molar-refractivity contribution >= 4 is 11.6 Å². The second kappa shape index (κ2) is 2.83. The predicted molar refractivity (Wildman–Crippen MR) is 45.0 cm³/mol. The van der Waals surface area contributed by atoms with Crippen LogP contribution in [0.4, 0.5) is 0 Å². The zero-order chi connectivity index (χ0) is 8.55. The Morgan fingerprint density at radius 3 is 3.25 bits per heavy atom. The van der Waals surface area contributed by atoms with Gasteiger partial charge in [0.1, 0.15) is 5.02 Å². The van der Waals surface area contributed by atoms with E-state index in [1.54, 1.807) is 0 Å². The smallest absolute Gasteiger partial charge is 0.235 e. The molecule has 2 rings (SSSR count). The lowest BCUT2D eigenvalue weighted by Gasteiger charge is -2.03. The minimum absolute atomic E-state index is 0.428. The van der Waals surface area contributed by atoms with Crippen LogP contribution in [0.5, 0.6) is 11.8 Å². The third-order valence-corrected chi connectivity index (χ3v) is 2.06. The molecule has 2 heterocycles. The average Bonchev–Trinajstić information content (AvgIpc) is 2.49. The molecule has 0 radical (unpaired) electrons. The van der Waals surface area contributed by atoms with Crippen molar-refractivity contribution in [2.45, 2.75) is 6.42 Å². The highest BCUT2D eigenvalue weighted by atomic mass is 35.5. The zero-order valence-electron chi connectivity index (χ0n) is 6.63. The van der Waals surface area contributed by atoms with Gasteiger partial charge in [0.2, 0.25) is 11.8 Å². The van der Waals surface area contributed by atoms with E-state index in [4.69, 9.17) is 21.1 Å². The molecule has 0 saturated carbocycles. The topological polar surface area (TPSA) is 31.4 Å². The average molecular weight is 186 g/mol. The molecule has 4 heteroatoms. The normalized spacial score (nSPS) is 13.8. The Kier molecular flexibility index (Phi) is 1.81. The van der Waals surface area contributed by atoms with Crippen LogP contribution in [0.2, 0.25) is 5.02 Å². The van der Waals surface area contributed by atoms with Crippen molar-refractivity contribution in [3.63, 3.8) is 0 Å². The predicted octanol–water partition coefficient (Wildman–Crippen LogP) is 1.68. The second-order valence-electron chi connectivity index (χ2n) is 2.54. The summed E-state index contributed by atoms with van der Waals surface area (Å²) < 4.78 is 10.2. The van der Waals surface area contributed by atoms with Gasteiger partial charge < -0.3 is 9.47 Å². The van der Waals surface area contributed by atoms with Crippen molar-refractivity contribution in [1.29, 1.82) is 0 Å². The lowest BCUT2D eigenvalue weighted by Crippen LogP contribution is -1.92. The van der Waals surface area contributed by atoms with Gasteiger partial charge in [0.05, 0.1) is 13.7 Å². The van der Waals surface area contributed by atoms with Gasteiger partial charge in [0.25, 0.3) is 0 Å². The molecule has 0 amide bonds. The summed E-state index contributed by atoms with van der Waals surface area (Å²) >= 11 is 5.86. The van der Waals surface area contributed by atoms with Crippen molar-refractivity contribution < 1.29 is 9.47 Å². The zero-order valence-corrected chi connectivity index (χ0v) is 7.39. The third kappa shape index (κ3) is 1.10. The SMILES string of the molecule is COc1nc2c(cc1Cl)CCO2. The molecule has 0 aliphatic carbocycles. The van der Waals surface area contributed by atoms with Crippen molar-refractivity contribution in [2.24, 2.45) is 0 Å². The van der Waals surface area contributed by atoms with Gasteiger partial charge in [-0.25, -0.2) is 0 Å². The Bertz CT molecular complexity index is 313. The molecule has 1 aromatic heterocycles. The highest BCUT2D eigenvalue weighted by Crippen LogP contribution is 2.31. The number of pyridine rings is 1. The van der Waals surface area contributed by atoms with Gasteiger partial charge in [-0.3, -0.25) is 0 Å². The molecule has 64 valence electrons. The Balaban J connectivity index is 2.49. The maximum Gasteiger partial charge on any atom is 0.235 e. The van der Waals surface area contributed by atoms with Gasteiger partial charge in [-0.05, 0) is 6.07 Å². The van der Waals surface area contributed by atoms with Gasteiger partial charge >= 0.3 is 0 Å². The molecule has 0 bridgehead atoms. The molecule has 0 fully saturated rings. The number of hydrogen-bond acceptors (Lipinski definition) is 3. The molecule has 0 saturated heterocycles. The van der Waals surface area contributed by atoms with Crippen molar-refractivity contribution in [1.82, 2.24) is 4.98 Å². The molecule has 1 aliphatic heterocycles. The Labute approximate surface area is 75.3 Å². The number of hydrogen-bond donors (Lipinski definition) is 0. The number of aromatic nitrogens is 1. The van der Waals surface area contributed by atoms with Crippen LogP contribution in [0.3, 0.4) is 0 Å². The van der Waals surface area contributed by atoms with E-state index in [1.165, 1.54) is 7.11 Å². The summed E-state index contributed by atoms with van der Waals surface area (Å²) in [6, 6.07) is 1.84. The second-order valence-corrected chi connectivity index (χ2v) is 2.95. The van der Waals surface area contributed by atoms with Gasteiger partial charge in [-0.2, -0.15) is 4.98 Å². The van der Waals surface area contributed by atoms with Crippen LogP contribution in [0.15, 0.2) is 6.07 Å². The summed E-state index contributed by atoms with van der Waals surface area (Å²) in [5.74, 6) is 1.08. The molecular weight excluding hydrogens is 178 g/mol. The summed E-state index contributed by atoms with van der Waals surface area (Å²) in [5.41, 5.74) is 1.06. The van der Waals surface area contributed by atoms with Crippen LogP contribution in [-0.2, 0) is 6.42 Å². The fraction of sp³-hybridized carbons (Fsp3) is 0.375. The largest absolute Gasteiger partial charge is 0.480 e. The number of fused-ring (bicyclic) bond motifs is 1. The first-order chi connectivity index (χ1) is 5.81. The van der Waals surface area contributed by atoms with E-state index in [9.17, 15) is 0 Å². The molecular formula is C8H8ClNO2. The van der Waals surface area contributed by atoms with E-state index in [0.717, 1.165) is 12.0 Å². The van der Waals surface area contributed by atoms with E-state index in [-0.39, 0.29) is 0 Å². The molecule has 3 nitrogen and oxygen atoms in total. The number of nitrogens with zero attached hydrogens (tertiary/aromatic N) is 1. The Morgan fingerprint density at radius 1 is 1.67 bits per heavy atom. The first-order valence-corrected chi connectivity index (χ1v) is 4.05. The van der Waals surface area contributed by atoms with Crippen LogP contribution >= 0.6 is 11.6 Å². The quantitative estimate of drug-likeness (QED) is 0.667. The van der Waals surface area contributed by atoms with Crippen LogP contribution in [0.1, 0.15) is 5.56 Å². The summed E-state index contributed by atoms with van der Waals surface area (Å²) in [4.78, 5) is 4.09. The standard InChI is InChI=1S/C8H8ClNO2/c1-11-8-6(9)4-5-2-3-12-7(5)10-8/h4H,2-3H2,1H3. The molecule has 0 spiro atoms. The number of ether oxygens (including phenoxy) is 2. The number of methoxy groups -OCH3 is 1. The van der Waals surface area contributed by atoms with Crippen LogP contribution in [0.25, 0.3) is 0 Å². The Hall–Kier alpha value is -0.960. The van der Waals surface area contributed by atoms with Crippen molar-refractivity contribution in [2.75, 3.05) is 13.7 Å². The fourth-order valence-electron chi connectivity index (χ4n) is 1.20. The Morgan fingerprint density at radius 2 is 2.50 bits per heavy atom. The fourth-order valence-corrected chi connectivity index (χ4v) is 1.45. The molecule has 0 N–H and O–H groups in total. The van der Waals surface area contributed by atoms with Crippen molar-refractivity contribution in [3.05, 3.63) is 16.7 Å². The molecule has 0 unspecified atom stereocenters. The number of rotatable bonds is 1. The van der Waals surface area contributed by atoms with E-state index >= 15 is 0 Å². The van der Waals surface area contributed by atoms with E-state index in [2.05, 4.69) is 4.98 Å². The van der Waals surface area contributed by atoms with Crippen LogP contribution < -0.4 is 9.47 Å². The summed E-state index contributed by atoms with van der Waals surface area (Å²) in [5, 5.41) is 0.543. The van der Waals surface area contributed by atoms with Gasteiger partial charge in [-0.15, -0.1) is 0 Å². The summed E-state index contributed by atoms with van der Waals surface area (Å²) in [6.07, 6.45) is 0.881. The summed E-state index contributed by atoms with van der Waals surface area (Å²) in [6.45, 7) is 0.686. The van der Waals surface area contributed by atoms with Crippen molar-refractivity contribution in [3.8, 4) is 11.8 Å². The van der Waals surface area contributed by atoms with E-state index < -0.39 is 0 Å². The molecule has 12 heavy (non-hydrogen) atoms. The molecule has 1 aliphatic rings. The van der Waals surface area contributed by atoms with Gasteiger partial charge in [0.15, 0.2) is 0 Å². The van der Waals surface area contributed by atoms with E-state index in [1.807, 2.05) is 6.07 Å².